The third kappa shape index (κ3) is 5.33. The van der Waals surface area contributed by atoms with Gasteiger partial charge in [0.25, 0.3) is 0 Å². The van der Waals surface area contributed by atoms with E-state index in [0.29, 0.717) is 12.2 Å². The van der Waals surface area contributed by atoms with E-state index < -0.39 is 0 Å². The molecule has 4 nitrogen and oxygen atoms in total. The standard InChI is InChI=1S/C19H17BrN2O2S2/c1-24-16-4-2-3-15(11-16)21-18(23)9-10-25-19-22-17(12-26-19)13-5-7-14(20)8-6-13/h2-8,11-12H,9-10H2,1H3,(H,21,23). The van der Waals surface area contributed by atoms with E-state index in [4.69, 9.17) is 4.74 Å². The highest BCUT2D eigenvalue weighted by Crippen LogP contribution is 2.29. The molecule has 0 aliphatic carbocycles. The van der Waals surface area contributed by atoms with E-state index in [0.717, 1.165) is 31.5 Å². The Morgan fingerprint density at radius 1 is 1.27 bits per heavy atom. The number of amides is 1. The summed E-state index contributed by atoms with van der Waals surface area (Å²) in [5, 5.41) is 4.93. The van der Waals surface area contributed by atoms with Crippen LogP contribution in [-0.2, 0) is 4.79 Å². The van der Waals surface area contributed by atoms with Crippen molar-refractivity contribution in [3.05, 3.63) is 58.4 Å². The largest absolute Gasteiger partial charge is 0.497 e. The normalized spacial score (nSPS) is 10.5. The maximum Gasteiger partial charge on any atom is 0.225 e. The molecule has 0 saturated heterocycles. The number of nitrogens with zero attached hydrogens (tertiary/aromatic N) is 1. The number of aromatic nitrogens is 1. The third-order valence-electron chi connectivity index (χ3n) is 3.53. The van der Waals surface area contributed by atoms with E-state index in [1.807, 2.05) is 47.8 Å². The van der Waals surface area contributed by atoms with Crippen LogP contribution in [-0.4, -0.2) is 23.8 Å². The molecule has 1 N–H and O–H groups in total. The summed E-state index contributed by atoms with van der Waals surface area (Å²) in [6.07, 6.45) is 0.426. The maximum atomic E-state index is 12.1. The number of thiazole rings is 1. The van der Waals surface area contributed by atoms with Gasteiger partial charge in [0.15, 0.2) is 4.34 Å². The Kier molecular flexibility index (Phi) is 6.71. The average Bonchev–Trinajstić information content (AvgIpc) is 3.11. The quantitative estimate of drug-likeness (QED) is 0.470. The molecule has 0 saturated carbocycles. The van der Waals surface area contributed by atoms with E-state index in [2.05, 4.69) is 26.2 Å². The zero-order valence-electron chi connectivity index (χ0n) is 14.1. The van der Waals surface area contributed by atoms with Gasteiger partial charge in [-0.05, 0) is 24.3 Å². The van der Waals surface area contributed by atoms with Crippen LogP contribution in [0.5, 0.6) is 5.75 Å². The van der Waals surface area contributed by atoms with E-state index in [1.165, 1.54) is 0 Å². The Hall–Kier alpha value is -1.83. The summed E-state index contributed by atoms with van der Waals surface area (Å²) in [5.74, 6) is 1.39. The third-order valence-corrected chi connectivity index (χ3v) is 6.08. The first-order chi connectivity index (χ1) is 12.6. The molecule has 3 aromatic rings. The van der Waals surface area contributed by atoms with Gasteiger partial charge in [-0.2, -0.15) is 0 Å². The minimum atomic E-state index is -0.0181. The van der Waals surface area contributed by atoms with Gasteiger partial charge in [-0.1, -0.05) is 45.9 Å². The van der Waals surface area contributed by atoms with Crippen LogP contribution in [0.3, 0.4) is 0 Å². The Balaban J connectivity index is 1.48. The number of rotatable bonds is 7. The highest BCUT2D eigenvalue weighted by atomic mass is 79.9. The van der Waals surface area contributed by atoms with Crippen LogP contribution >= 0.6 is 39.0 Å². The van der Waals surface area contributed by atoms with Crippen molar-refractivity contribution in [1.82, 2.24) is 4.98 Å². The van der Waals surface area contributed by atoms with Crippen LogP contribution < -0.4 is 10.1 Å². The lowest BCUT2D eigenvalue weighted by molar-refractivity contribution is -0.115. The number of nitrogens with one attached hydrogen (secondary N) is 1. The molecular formula is C19H17BrN2O2S2. The molecule has 1 aromatic heterocycles. The molecule has 0 spiro atoms. The minimum absolute atomic E-state index is 0.0181. The number of thioether (sulfide) groups is 1. The monoisotopic (exact) mass is 448 g/mol. The average molecular weight is 449 g/mol. The van der Waals surface area contributed by atoms with Gasteiger partial charge in [0.05, 0.1) is 12.8 Å². The van der Waals surface area contributed by atoms with E-state index >= 15 is 0 Å². The summed E-state index contributed by atoms with van der Waals surface area (Å²) in [7, 11) is 1.61. The molecule has 7 heteroatoms. The Bertz CT molecular complexity index is 881. The summed E-state index contributed by atoms with van der Waals surface area (Å²) >= 11 is 6.64. The topological polar surface area (TPSA) is 51.2 Å². The molecule has 134 valence electrons. The van der Waals surface area contributed by atoms with E-state index in [-0.39, 0.29) is 5.91 Å². The number of carbonyl (C=O) groups excluding carboxylic acids is 1. The highest BCUT2D eigenvalue weighted by Gasteiger charge is 2.08. The molecule has 0 fully saturated rings. The Morgan fingerprint density at radius 3 is 2.85 bits per heavy atom. The molecule has 1 heterocycles. The first kappa shape index (κ1) is 18.9. The van der Waals surface area contributed by atoms with Gasteiger partial charge < -0.3 is 10.1 Å². The van der Waals surface area contributed by atoms with Gasteiger partial charge in [-0.3, -0.25) is 4.79 Å². The summed E-state index contributed by atoms with van der Waals surface area (Å²) < 4.78 is 7.17. The van der Waals surface area contributed by atoms with Crippen LogP contribution in [0.25, 0.3) is 11.3 Å². The minimum Gasteiger partial charge on any atom is -0.497 e. The Labute approximate surface area is 169 Å². The molecule has 0 aliphatic heterocycles. The summed E-state index contributed by atoms with van der Waals surface area (Å²) in [5.41, 5.74) is 2.80. The van der Waals surface area contributed by atoms with Crippen molar-refractivity contribution in [2.45, 2.75) is 10.8 Å². The number of halogens is 1. The summed E-state index contributed by atoms with van der Waals surface area (Å²) in [4.78, 5) is 16.7. The smallest absolute Gasteiger partial charge is 0.225 e. The van der Waals surface area contributed by atoms with Crippen LogP contribution in [0.1, 0.15) is 6.42 Å². The molecular weight excluding hydrogens is 432 g/mol. The van der Waals surface area contributed by atoms with Crippen molar-refractivity contribution in [2.24, 2.45) is 0 Å². The van der Waals surface area contributed by atoms with Crippen molar-refractivity contribution in [2.75, 3.05) is 18.2 Å². The second-order valence-corrected chi connectivity index (χ2v) is 8.50. The molecule has 0 radical (unpaired) electrons. The van der Waals surface area contributed by atoms with Gasteiger partial charge in [0.1, 0.15) is 5.75 Å². The molecule has 1 amide bonds. The number of methoxy groups -OCH3 is 1. The lowest BCUT2D eigenvalue weighted by Crippen LogP contribution is -2.12. The predicted molar refractivity (Wildman–Crippen MR) is 112 cm³/mol. The molecule has 0 unspecified atom stereocenters. The van der Waals surface area contributed by atoms with Gasteiger partial charge in [-0.15, -0.1) is 11.3 Å². The predicted octanol–water partition coefficient (Wildman–Crippen LogP) is 5.70. The SMILES string of the molecule is COc1cccc(NC(=O)CCSc2nc(-c3ccc(Br)cc3)cs2)c1. The van der Waals surface area contributed by atoms with E-state index in [1.54, 1.807) is 36.3 Å². The van der Waals surface area contributed by atoms with E-state index in [9.17, 15) is 4.79 Å². The molecule has 0 aliphatic rings. The van der Waals surface area contributed by atoms with Crippen molar-refractivity contribution >= 4 is 50.6 Å². The van der Waals surface area contributed by atoms with Crippen LogP contribution in [0.4, 0.5) is 5.69 Å². The lowest BCUT2D eigenvalue weighted by atomic mass is 10.2. The number of benzene rings is 2. The second kappa shape index (κ2) is 9.21. The molecule has 0 bridgehead atoms. The first-order valence-corrected chi connectivity index (χ1v) is 10.6. The van der Waals surface area contributed by atoms with Crippen LogP contribution in [0.15, 0.2) is 62.7 Å². The second-order valence-electron chi connectivity index (χ2n) is 5.38. The zero-order chi connectivity index (χ0) is 18.4. The number of carbonyl (C=O) groups is 1. The maximum absolute atomic E-state index is 12.1. The number of ether oxygens (including phenoxy) is 1. The summed E-state index contributed by atoms with van der Waals surface area (Å²) in [6.45, 7) is 0. The molecule has 3 rings (SSSR count). The first-order valence-electron chi connectivity index (χ1n) is 7.92. The number of hydrogen-bond donors (Lipinski definition) is 1. The van der Waals surface area contributed by atoms with Gasteiger partial charge in [0, 0.05) is 39.3 Å². The van der Waals surface area contributed by atoms with Crippen molar-refractivity contribution in [1.29, 1.82) is 0 Å². The number of anilines is 1. The fourth-order valence-electron chi connectivity index (χ4n) is 2.23. The van der Waals surface area contributed by atoms with Gasteiger partial charge in [-0.25, -0.2) is 4.98 Å². The van der Waals surface area contributed by atoms with Crippen LogP contribution in [0.2, 0.25) is 0 Å². The fourth-order valence-corrected chi connectivity index (χ4v) is 4.34. The van der Waals surface area contributed by atoms with Gasteiger partial charge >= 0.3 is 0 Å². The molecule has 0 atom stereocenters. The molecule has 26 heavy (non-hydrogen) atoms. The van der Waals surface area contributed by atoms with Crippen LogP contribution in [0, 0.1) is 0 Å². The fraction of sp³-hybridized carbons (Fsp3) is 0.158. The number of hydrogen-bond acceptors (Lipinski definition) is 5. The van der Waals surface area contributed by atoms with Crippen molar-refractivity contribution in [3.8, 4) is 17.0 Å². The van der Waals surface area contributed by atoms with Crippen molar-refractivity contribution in [3.63, 3.8) is 0 Å². The highest BCUT2D eigenvalue weighted by molar-refractivity contribution is 9.10. The van der Waals surface area contributed by atoms with Crippen molar-refractivity contribution < 1.29 is 9.53 Å². The zero-order valence-corrected chi connectivity index (χ0v) is 17.3. The Morgan fingerprint density at radius 2 is 2.08 bits per heavy atom. The summed E-state index contributed by atoms with van der Waals surface area (Å²) in [6, 6.07) is 15.4. The lowest BCUT2D eigenvalue weighted by Gasteiger charge is -2.06. The van der Waals surface area contributed by atoms with Gasteiger partial charge in [0.2, 0.25) is 5.91 Å². The molecule has 2 aromatic carbocycles.